The molecule has 0 radical (unpaired) electrons. The van der Waals surface area contributed by atoms with Gasteiger partial charge in [0, 0.05) is 25.2 Å². The lowest BCUT2D eigenvalue weighted by Crippen LogP contribution is -2.36. The largest absolute Gasteiger partial charge is 0.444 e. The molecule has 6 heteroatoms. The third kappa shape index (κ3) is 5.50. The summed E-state index contributed by atoms with van der Waals surface area (Å²) in [6.07, 6.45) is 0.531. The monoisotopic (exact) mass is 333 g/mol. The fourth-order valence-electron chi connectivity index (χ4n) is 2.77. The first-order valence-corrected chi connectivity index (χ1v) is 8.14. The number of alkyl carbamates (subject to hydrolysis) is 1. The molecule has 2 rings (SSSR count). The van der Waals surface area contributed by atoms with Crippen LogP contribution in [0.5, 0.6) is 0 Å². The average Bonchev–Trinajstić information content (AvgIpc) is 2.93. The number of rotatable bonds is 4. The molecule has 0 saturated carbocycles. The summed E-state index contributed by atoms with van der Waals surface area (Å²) in [5, 5.41) is 11.7. The molecule has 1 atom stereocenters. The number of hydrogen-bond acceptors (Lipinski definition) is 4. The first kappa shape index (κ1) is 18.2. The number of halogens is 1. The van der Waals surface area contributed by atoms with Crippen LogP contribution in [0.25, 0.3) is 0 Å². The van der Waals surface area contributed by atoms with Crippen molar-refractivity contribution in [2.45, 2.75) is 39.3 Å². The molecular formula is C18H24FN3O2. The predicted molar refractivity (Wildman–Crippen MR) is 88.7 cm³/mol. The second-order valence-electron chi connectivity index (χ2n) is 7.19. The Morgan fingerprint density at radius 2 is 2.25 bits per heavy atom. The van der Waals surface area contributed by atoms with Crippen molar-refractivity contribution >= 4 is 6.09 Å². The molecule has 1 fully saturated rings. The Balaban J connectivity index is 1.81. The van der Waals surface area contributed by atoms with Gasteiger partial charge in [-0.3, -0.25) is 4.90 Å². The molecule has 1 aromatic rings. The summed E-state index contributed by atoms with van der Waals surface area (Å²) < 4.78 is 19.1. The third-order valence-corrected chi connectivity index (χ3v) is 3.87. The number of benzene rings is 1. The van der Waals surface area contributed by atoms with E-state index in [1.165, 1.54) is 12.1 Å². The number of amides is 1. The maximum atomic E-state index is 13.9. The van der Waals surface area contributed by atoms with Gasteiger partial charge < -0.3 is 10.1 Å². The Morgan fingerprint density at radius 1 is 1.50 bits per heavy atom. The number of hydrogen-bond donors (Lipinski definition) is 1. The van der Waals surface area contributed by atoms with Crippen LogP contribution in [0.3, 0.4) is 0 Å². The highest BCUT2D eigenvalue weighted by atomic mass is 19.1. The fraction of sp³-hybridized carbons (Fsp3) is 0.556. The van der Waals surface area contributed by atoms with E-state index in [4.69, 9.17) is 10.00 Å². The van der Waals surface area contributed by atoms with Gasteiger partial charge in [0.05, 0.1) is 11.6 Å². The van der Waals surface area contributed by atoms with E-state index in [0.29, 0.717) is 30.1 Å². The summed E-state index contributed by atoms with van der Waals surface area (Å²) >= 11 is 0. The molecule has 1 aliphatic heterocycles. The van der Waals surface area contributed by atoms with Crippen LogP contribution in [-0.2, 0) is 11.3 Å². The van der Waals surface area contributed by atoms with E-state index in [2.05, 4.69) is 10.2 Å². The van der Waals surface area contributed by atoms with Crippen LogP contribution < -0.4 is 5.32 Å². The molecular weight excluding hydrogens is 309 g/mol. The van der Waals surface area contributed by atoms with Gasteiger partial charge in [-0.2, -0.15) is 5.26 Å². The summed E-state index contributed by atoms with van der Waals surface area (Å²) in [5.41, 5.74) is 0.498. The van der Waals surface area contributed by atoms with E-state index in [9.17, 15) is 9.18 Å². The van der Waals surface area contributed by atoms with E-state index in [-0.39, 0.29) is 5.82 Å². The lowest BCUT2D eigenvalue weighted by molar-refractivity contribution is 0.0519. The molecule has 0 aromatic heterocycles. The van der Waals surface area contributed by atoms with E-state index < -0.39 is 11.7 Å². The Kier molecular flexibility index (Phi) is 5.79. The maximum Gasteiger partial charge on any atom is 0.407 e. The molecule has 130 valence electrons. The van der Waals surface area contributed by atoms with Crippen LogP contribution in [0.2, 0.25) is 0 Å². The quantitative estimate of drug-likeness (QED) is 0.920. The van der Waals surface area contributed by atoms with E-state index in [1.54, 1.807) is 6.07 Å². The Labute approximate surface area is 142 Å². The van der Waals surface area contributed by atoms with Gasteiger partial charge in [-0.1, -0.05) is 0 Å². The zero-order valence-electron chi connectivity index (χ0n) is 14.4. The summed E-state index contributed by atoms with van der Waals surface area (Å²) in [5.74, 6) is 0.0315. The van der Waals surface area contributed by atoms with Crippen molar-refractivity contribution in [2.24, 2.45) is 5.92 Å². The van der Waals surface area contributed by atoms with Gasteiger partial charge in [-0.05, 0) is 57.9 Å². The first-order chi connectivity index (χ1) is 11.3. The van der Waals surface area contributed by atoms with Crippen molar-refractivity contribution < 1.29 is 13.9 Å². The second kappa shape index (κ2) is 7.63. The van der Waals surface area contributed by atoms with Crippen molar-refractivity contribution in [3.05, 3.63) is 35.1 Å². The molecule has 1 heterocycles. The van der Waals surface area contributed by atoms with Gasteiger partial charge in [0.1, 0.15) is 11.4 Å². The Hall–Kier alpha value is -2.13. The maximum absolute atomic E-state index is 13.9. The van der Waals surface area contributed by atoms with Crippen LogP contribution in [0.4, 0.5) is 9.18 Å². The number of ether oxygens (including phenoxy) is 1. The molecule has 0 bridgehead atoms. The summed E-state index contributed by atoms with van der Waals surface area (Å²) in [7, 11) is 0. The van der Waals surface area contributed by atoms with Crippen molar-refractivity contribution in [3.8, 4) is 6.07 Å². The summed E-state index contributed by atoms with van der Waals surface area (Å²) in [6.45, 7) is 8.13. The molecule has 1 aliphatic rings. The van der Waals surface area contributed by atoms with Crippen LogP contribution in [0.1, 0.15) is 38.3 Å². The van der Waals surface area contributed by atoms with Crippen molar-refractivity contribution in [3.63, 3.8) is 0 Å². The third-order valence-electron chi connectivity index (χ3n) is 3.87. The van der Waals surface area contributed by atoms with Gasteiger partial charge in [-0.15, -0.1) is 0 Å². The fourth-order valence-corrected chi connectivity index (χ4v) is 2.77. The number of nitrogens with zero attached hydrogens (tertiary/aromatic N) is 2. The SMILES string of the molecule is CC(C)(C)OC(=O)NCC1CCN(Cc2cc(C#N)ccc2F)C1. The van der Waals surface area contributed by atoms with Crippen LogP contribution in [0.15, 0.2) is 18.2 Å². The zero-order chi connectivity index (χ0) is 17.7. The van der Waals surface area contributed by atoms with Gasteiger partial charge in [0.2, 0.25) is 0 Å². The number of nitrogens with one attached hydrogen (secondary N) is 1. The Bertz CT molecular complexity index is 634. The minimum atomic E-state index is -0.505. The van der Waals surface area contributed by atoms with Crippen molar-refractivity contribution in [1.82, 2.24) is 10.2 Å². The van der Waals surface area contributed by atoms with Gasteiger partial charge in [0.15, 0.2) is 0 Å². The summed E-state index contributed by atoms with van der Waals surface area (Å²) in [6, 6.07) is 6.45. The lowest BCUT2D eigenvalue weighted by Gasteiger charge is -2.21. The van der Waals surface area contributed by atoms with Gasteiger partial charge in [-0.25, -0.2) is 9.18 Å². The van der Waals surface area contributed by atoms with Crippen LogP contribution in [0, 0.1) is 23.1 Å². The zero-order valence-corrected chi connectivity index (χ0v) is 14.4. The first-order valence-electron chi connectivity index (χ1n) is 8.14. The second-order valence-corrected chi connectivity index (χ2v) is 7.19. The Morgan fingerprint density at radius 3 is 2.92 bits per heavy atom. The lowest BCUT2D eigenvalue weighted by atomic mass is 10.1. The van der Waals surface area contributed by atoms with Crippen molar-refractivity contribution in [2.75, 3.05) is 19.6 Å². The molecule has 1 saturated heterocycles. The molecule has 0 spiro atoms. The molecule has 24 heavy (non-hydrogen) atoms. The van der Waals surface area contributed by atoms with Gasteiger partial charge >= 0.3 is 6.09 Å². The normalized spacial score (nSPS) is 18.2. The number of carbonyl (C=O) groups is 1. The van der Waals surface area contributed by atoms with E-state index in [0.717, 1.165) is 19.5 Å². The highest BCUT2D eigenvalue weighted by molar-refractivity contribution is 5.67. The predicted octanol–water partition coefficient (Wildman–Crippen LogP) is 3.04. The van der Waals surface area contributed by atoms with Gasteiger partial charge in [0.25, 0.3) is 0 Å². The minimum absolute atomic E-state index is 0.288. The minimum Gasteiger partial charge on any atom is -0.444 e. The molecule has 1 aromatic carbocycles. The number of nitriles is 1. The van der Waals surface area contributed by atoms with E-state index in [1.807, 2.05) is 26.8 Å². The summed E-state index contributed by atoms with van der Waals surface area (Å²) in [4.78, 5) is 13.8. The highest BCUT2D eigenvalue weighted by Crippen LogP contribution is 2.20. The number of likely N-dealkylation sites (tertiary alicyclic amines) is 1. The van der Waals surface area contributed by atoms with Crippen molar-refractivity contribution in [1.29, 1.82) is 5.26 Å². The molecule has 0 aliphatic carbocycles. The van der Waals surface area contributed by atoms with Crippen LogP contribution in [-0.4, -0.2) is 36.2 Å². The molecule has 5 nitrogen and oxygen atoms in total. The average molecular weight is 333 g/mol. The molecule has 1 amide bonds. The van der Waals surface area contributed by atoms with E-state index >= 15 is 0 Å². The highest BCUT2D eigenvalue weighted by Gasteiger charge is 2.24. The molecule has 1 unspecified atom stereocenters. The van der Waals surface area contributed by atoms with Crippen LogP contribution >= 0.6 is 0 Å². The standard InChI is InChI=1S/C18H24FN3O2/c1-18(2,3)24-17(23)21-10-14-6-7-22(11-14)12-15-8-13(9-20)4-5-16(15)19/h4-5,8,14H,6-7,10-12H2,1-3H3,(H,21,23). The topological polar surface area (TPSA) is 65.4 Å². The molecule has 1 N–H and O–H groups in total. The smallest absolute Gasteiger partial charge is 0.407 e. The number of carbonyl (C=O) groups excluding carboxylic acids is 1.